The SMILES string of the molecule is COc1ccc(CNC(=O)[C@H](C)Nc2ccc(C)cc2)cc1. The van der Waals surface area contributed by atoms with Gasteiger partial charge in [-0.15, -0.1) is 0 Å². The van der Waals surface area contributed by atoms with Gasteiger partial charge in [0.1, 0.15) is 11.8 Å². The Balaban J connectivity index is 1.84. The fraction of sp³-hybridized carbons (Fsp3) is 0.278. The van der Waals surface area contributed by atoms with Gasteiger partial charge in [0, 0.05) is 12.2 Å². The van der Waals surface area contributed by atoms with Gasteiger partial charge in [-0.05, 0) is 43.7 Å². The molecule has 2 aromatic rings. The summed E-state index contributed by atoms with van der Waals surface area (Å²) >= 11 is 0. The molecule has 0 radical (unpaired) electrons. The van der Waals surface area contributed by atoms with E-state index in [9.17, 15) is 4.79 Å². The van der Waals surface area contributed by atoms with Crippen LogP contribution in [0.2, 0.25) is 0 Å². The largest absolute Gasteiger partial charge is 0.497 e. The number of anilines is 1. The van der Waals surface area contributed by atoms with Gasteiger partial charge >= 0.3 is 0 Å². The highest BCUT2D eigenvalue weighted by molar-refractivity contribution is 5.84. The molecule has 0 unspecified atom stereocenters. The zero-order valence-electron chi connectivity index (χ0n) is 13.2. The second-order valence-corrected chi connectivity index (χ2v) is 5.30. The van der Waals surface area contributed by atoms with Crippen molar-refractivity contribution in [3.8, 4) is 5.75 Å². The highest BCUT2D eigenvalue weighted by Crippen LogP contribution is 2.12. The van der Waals surface area contributed by atoms with Crippen LogP contribution in [0.5, 0.6) is 5.75 Å². The monoisotopic (exact) mass is 298 g/mol. The number of benzene rings is 2. The van der Waals surface area contributed by atoms with Gasteiger partial charge in [0.2, 0.25) is 5.91 Å². The Labute approximate surface area is 131 Å². The smallest absolute Gasteiger partial charge is 0.242 e. The zero-order chi connectivity index (χ0) is 15.9. The molecule has 0 saturated carbocycles. The van der Waals surface area contributed by atoms with Crippen LogP contribution >= 0.6 is 0 Å². The van der Waals surface area contributed by atoms with Gasteiger partial charge in [-0.3, -0.25) is 4.79 Å². The summed E-state index contributed by atoms with van der Waals surface area (Å²) < 4.78 is 5.11. The summed E-state index contributed by atoms with van der Waals surface area (Å²) in [5.41, 5.74) is 3.18. The van der Waals surface area contributed by atoms with Crippen LogP contribution in [0.25, 0.3) is 0 Å². The molecule has 0 spiro atoms. The first-order valence-corrected chi connectivity index (χ1v) is 7.32. The summed E-state index contributed by atoms with van der Waals surface area (Å²) in [6.07, 6.45) is 0. The molecule has 0 aliphatic heterocycles. The quantitative estimate of drug-likeness (QED) is 0.861. The minimum absolute atomic E-state index is 0.0311. The van der Waals surface area contributed by atoms with Crippen LogP contribution in [0.3, 0.4) is 0 Å². The van der Waals surface area contributed by atoms with Crippen LogP contribution in [0.1, 0.15) is 18.1 Å². The Morgan fingerprint density at radius 3 is 2.32 bits per heavy atom. The Hall–Kier alpha value is -2.49. The van der Waals surface area contributed by atoms with Gasteiger partial charge in [-0.25, -0.2) is 0 Å². The molecular weight excluding hydrogens is 276 g/mol. The number of amides is 1. The molecule has 4 nitrogen and oxygen atoms in total. The maximum Gasteiger partial charge on any atom is 0.242 e. The van der Waals surface area contributed by atoms with E-state index in [1.54, 1.807) is 7.11 Å². The third-order valence-electron chi connectivity index (χ3n) is 3.45. The molecule has 0 bridgehead atoms. The van der Waals surface area contributed by atoms with E-state index in [1.807, 2.05) is 62.4 Å². The lowest BCUT2D eigenvalue weighted by Gasteiger charge is -2.15. The molecule has 0 fully saturated rings. The van der Waals surface area contributed by atoms with Gasteiger partial charge in [-0.2, -0.15) is 0 Å². The minimum atomic E-state index is -0.291. The van der Waals surface area contributed by atoms with Crippen LogP contribution in [-0.4, -0.2) is 19.1 Å². The van der Waals surface area contributed by atoms with E-state index < -0.39 is 0 Å². The van der Waals surface area contributed by atoms with E-state index in [-0.39, 0.29) is 11.9 Å². The second kappa shape index (κ2) is 7.50. The normalized spacial score (nSPS) is 11.6. The molecule has 0 aliphatic rings. The summed E-state index contributed by atoms with van der Waals surface area (Å²) in [6.45, 7) is 4.39. The number of aryl methyl sites for hydroxylation is 1. The number of methoxy groups -OCH3 is 1. The average molecular weight is 298 g/mol. The molecule has 0 aromatic heterocycles. The number of nitrogens with one attached hydrogen (secondary N) is 2. The lowest BCUT2D eigenvalue weighted by atomic mass is 10.2. The Morgan fingerprint density at radius 1 is 1.09 bits per heavy atom. The van der Waals surface area contributed by atoms with Crippen molar-refractivity contribution in [2.75, 3.05) is 12.4 Å². The molecule has 1 amide bonds. The molecule has 4 heteroatoms. The van der Waals surface area contributed by atoms with Gasteiger partial charge in [0.05, 0.1) is 7.11 Å². The third kappa shape index (κ3) is 4.52. The third-order valence-corrected chi connectivity index (χ3v) is 3.45. The summed E-state index contributed by atoms with van der Waals surface area (Å²) in [5, 5.41) is 6.12. The van der Waals surface area contributed by atoms with Gasteiger partial charge in [-0.1, -0.05) is 29.8 Å². The molecule has 116 valence electrons. The topological polar surface area (TPSA) is 50.4 Å². The number of hydrogen-bond acceptors (Lipinski definition) is 3. The lowest BCUT2D eigenvalue weighted by molar-refractivity contribution is -0.121. The summed E-state index contributed by atoms with van der Waals surface area (Å²) in [7, 11) is 1.63. The number of hydrogen-bond donors (Lipinski definition) is 2. The molecule has 1 atom stereocenters. The maximum atomic E-state index is 12.1. The van der Waals surface area contributed by atoms with Gasteiger partial charge in [0.25, 0.3) is 0 Å². The summed E-state index contributed by atoms with van der Waals surface area (Å²) in [6, 6.07) is 15.3. The maximum absolute atomic E-state index is 12.1. The zero-order valence-corrected chi connectivity index (χ0v) is 13.2. The van der Waals surface area contributed by atoms with Crippen LogP contribution in [0.15, 0.2) is 48.5 Å². The second-order valence-electron chi connectivity index (χ2n) is 5.30. The molecule has 0 saturated heterocycles. The van der Waals surface area contributed by atoms with Crippen LogP contribution in [-0.2, 0) is 11.3 Å². The van der Waals surface area contributed by atoms with Crippen molar-refractivity contribution >= 4 is 11.6 Å². The fourth-order valence-corrected chi connectivity index (χ4v) is 2.05. The van der Waals surface area contributed by atoms with Crippen molar-refractivity contribution in [3.05, 3.63) is 59.7 Å². The Kier molecular flexibility index (Phi) is 5.42. The van der Waals surface area contributed by atoms with Crippen molar-refractivity contribution in [2.24, 2.45) is 0 Å². The molecular formula is C18H22N2O2. The van der Waals surface area contributed by atoms with E-state index in [1.165, 1.54) is 5.56 Å². The molecule has 0 aliphatic carbocycles. The first-order valence-electron chi connectivity index (χ1n) is 7.32. The van der Waals surface area contributed by atoms with E-state index >= 15 is 0 Å². The predicted molar refractivity (Wildman–Crippen MR) is 89.1 cm³/mol. The van der Waals surface area contributed by atoms with Crippen molar-refractivity contribution in [3.63, 3.8) is 0 Å². The van der Waals surface area contributed by atoms with Crippen LogP contribution in [0.4, 0.5) is 5.69 Å². The van der Waals surface area contributed by atoms with E-state index in [4.69, 9.17) is 4.74 Å². The first kappa shape index (κ1) is 15.9. The standard InChI is InChI=1S/C18H22N2O2/c1-13-4-8-16(9-5-13)20-14(2)18(21)19-12-15-6-10-17(22-3)11-7-15/h4-11,14,20H,12H2,1-3H3,(H,19,21)/t14-/m0/s1. The average Bonchev–Trinajstić information content (AvgIpc) is 2.55. The van der Waals surface area contributed by atoms with Crippen LogP contribution in [0, 0.1) is 6.92 Å². The summed E-state index contributed by atoms with van der Waals surface area (Å²) in [4.78, 5) is 12.1. The number of rotatable bonds is 6. The van der Waals surface area contributed by atoms with E-state index in [2.05, 4.69) is 10.6 Å². The van der Waals surface area contributed by atoms with E-state index in [0.29, 0.717) is 6.54 Å². The Bertz CT molecular complexity index is 606. The highest BCUT2D eigenvalue weighted by Gasteiger charge is 2.11. The molecule has 2 rings (SSSR count). The van der Waals surface area contributed by atoms with Crippen molar-refractivity contribution in [1.82, 2.24) is 5.32 Å². The lowest BCUT2D eigenvalue weighted by Crippen LogP contribution is -2.37. The van der Waals surface area contributed by atoms with Crippen molar-refractivity contribution in [2.45, 2.75) is 26.4 Å². The van der Waals surface area contributed by atoms with Crippen LogP contribution < -0.4 is 15.4 Å². The minimum Gasteiger partial charge on any atom is -0.497 e. The van der Waals surface area contributed by atoms with E-state index in [0.717, 1.165) is 17.0 Å². The Morgan fingerprint density at radius 2 is 1.73 bits per heavy atom. The van der Waals surface area contributed by atoms with Gasteiger partial charge < -0.3 is 15.4 Å². The highest BCUT2D eigenvalue weighted by atomic mass is 16.5. The number of carbonyl (C=O) groups is 1. The summed E-state index contributed by atoms with van der Waals surface area (Å²) in [5.74, 6) is 0.779. The predicted octanol–water partition coefficient (Wildman–Crippen LogP) is 3.12. The molecule has 2 aromatic carbocycles. The molecule has 22 heavy (non-hydrogen) atoms. The molecule has 0 heterocycles. The van der Waals surface area contributed by atoms with Gasteiger partial charge in [0.15, 0.2) is 0 Å². The first-order chi connectivity index (χ1) is 10.6. The van der Waals surface area contributed by atoms with Crippen molar-refractivity contribution < 1.29 is 9.53 Å². The van der Waals surface area contributed by atoms with Crippen molar-refractivity contribution in [1.29, 1.82) is 0 Å². The fourth-order valence-electron chi connectivity index (χ4n) is 2.05. The molecule has 2 N–H and O–H groups in total. The number of ether oxygens (including phenoxy) is 1. The number of carbonyl (C=O) groups excluding carboxylic acids is 1.